The zero-order valence-corrected chi connectivity index (χ0v) is 12.3. The second-order valence-corrected chi connectivity index (χ2v) is 5.33. The highest BCUT2D eigenvalue weighted by Gasteiger charge is 2.08. The van der Waals surface area contributed by atoms with Crippen molar-refractivity contribution >= 4 is 5.69 Å². The third-order valence-corrected chi connectivity index (χ3v) is 3.90. The summed E-state index contributed by atoms with van der Waals surface area (Å²) in [6.45, 7) is 11.4. The Morgan fingerprint density at radius 2 is 2.05 bits per heavy atom. The molecule has 0 spiro atoms. The number of aryl methyl sites for hydroxylation is 2. The fourth-order valence-electron chi connectivity index (χ4n) is 2.73. The third kappa shape index (κ3) is 4.22. The Balaban J connectivity index is 1.76. The molecule has 0 aliphatic carbocycles. The van der Waals surface area contributed by atoms with Crippen molar-refractivity contribution < 1.29 is 0 Å². The van der Waals surface area contributed by atoms with Crippen LogP contribution in [0.3, 0.4) is 0 Å². The molecule has 1 aliphatic heterocycles. The van der Waals surface area contributed by atoms with Crippen molar-refractivity contribution in [3.63, 3.8) is 0 Å². The molecule has 19 heavy (non-hydrogen) atoms. The van der Waals surface area contributed by atoms with E-state index < -0.39 is 0 Å². The Kier molecular flexibility index (Phi) is 5.67. The molecule has 2 rings (SSSR count). The summed E-state index contributed by atoms with van der Waals surface area (Å²) >= 11 is 0. The first kappa shape index (κ1) is 14.4. The van der Waals surface area contributed by atoms with Gasteiger partial charge in [-0.2, -0.15) is 0 Å². The van der Waals surface area contributed by atoms with Gasteiger partial charge < -0.3 is 15.5 Å². The van der Waals surface area contributed by atoms with E-state index in [2.05, 4.69) is 47.6 Å². The van der Waals surface area contributed by atoms with Gasteiger partial charge in [-0.25, -0.2) is 0 Å². The van der Waals surface area contributed by atoms with Crippen molar-refractivity contribution in [2.75, 3.05) is 44.6 Å². The molecule has 2 N–H and O–H groups in total. The quantitative estimate of drug-likeness (QED) is 0.769. The molecule has 0 saturated carbocycles. The highest BCUT2D eigenvalue weighted by atomic mass is 15.2. The Morgan fingerprint density at radius 1 is 1.26 bits per heavy atom. The zero-order valence-electron chi connectivity index (χ0n) is 12.3. The van der Waals surface area contributed by atoms with E-state index >= 15 is 0 Å². The highest BCUT2D eigenvalue weighted by Crippen LogP contribution is 2.20. The van der Waals surface area contributed by atoms with E-state index in [0.717, 1.165) is 26.1 Å². The van der Waals surface area contributed by atoms with Crippen LogP contribution in [0.4, 0.5) is 5.69 Å². The molecule has 0 amide bonds. The number of hydrogen-bond acceptors (Lipinski definition) is 3. The number of nitrogens with zero attached hydrogens (tertiary/aromatic N) is 1. The van der Waals surface area contributed by atoms with Crippen molar-refractivity contribution in [1.82, 2.24) is 10.2 Å². The van der Waals surface area contributed by atoms with Crippen molar-refractivity contribution in [3.05, 3.63) is 29.3 Å². The van der Waals surface area contributed by atoms with Crippen LogP contribution >= 0.6 is 0 Å². The van der Waals surface area contributed by atoms with Crippen LogP contribution in [-0.4, -0.2) is 44.2 Å². The van der Waals surface area contributed by atoms with E-state index in [1.807, 2.05) is 0 Å². The van der Waals surface area contributed by atoms with E-state index in [0.29, 0.717) is 0 Å². The largest absolute Gasteiger partial charge is 0.385 e. The van der Waals surface area contributed by atoms with E-state index in [4.69, 9.17) is 0 Å². The number of rotatable bonds is 6. The third-order valence-electron chi connectivity index (χ3n) is 3.90. The van der Waals surface area contributed by atoms with Crippen LogP contribution in [0.15, 0.2) is 18.2 Å². The fraction of sp³-hybridized carbons (Fsp3) is 0.625. The smallest absolute Gasteiger partial charge is 0.0402 e. The second kappa shape index (κ2) is 7.51. The molecule has 1 fully saturated rings. The summed E-state index contributed by atoms with van der Waals surface area (Å²) in [5, 5.41) is 7.03. The first-order valence-corrected chi connectivity index (χ1v) is 7.56. The summed E-state index contributed by atoms with van der Waals surface area (Å²) in [5.74, 6) is 0. The molecule has 3 heteroatoms. The van der Waals surface area contributed by atoms with Crippen molar-refractivity contribution in [1.29, 1.82) is 0 Å². The number of anilines is 1. The Hall–Kier alpha value is -1.06. The molecule has 106 valence electrons. The summed E-state index contributed by atoms with van der Waals surface area (Å²) in [7, 11) is 0. The SMILES string of the molecule is CCc1cccc(C)c1NCCCN1CCNCC1. The number of benzene rings is 1. The van der Waals surface area contributed by atoms with Gasteiger partial charge in [0, 0.05) is 38.4 Å². The van der Waals surface area contributed by atoms with Crippen LogP contribution in [0.25, 0.3) is 0 Å². The molecular weight excluding hydrogens is 234 g/mol. The molecule has 0 atom stereocenters. The van der Waals surface area contributed by atoms with E-state index in [9.17, 15) is 0 Å². The number of para-hydroxylation sites is 1. The number of nitrogens with one attached hydrogen (secondary N) is 2. The van der Waals surface area contributed by atoms with Gasteiger partial charge in [0.05, 0.1) is 0 Å². The molecule has 1 aliphatic rings. The van der Waals surface area contributed by atoms with E-state index in [-0.39, 0.29) is 0 Å². The lowest BCUT2D eigenvalue weighted by Gasteiger charge is -2.27. The zero-order chi connectivity index (χ0) is 13.5. The molecular formula is C16H27N3. The Bertz CT molecular complexity index is 384. The molecule has 3 nitrogen and oxygen atoms in total. The van der Waals surface area contributed by atoms with Gasteiger partial charge in [0.25, 0.3) is 0 Å². The molecule has 0 radical (unpaired) electrons. The number of hydrogen-bond donors (Lipinski definition) is 2. The standard InChI is InChI=1S/C16H27N3/c1-3-15-7-4-6-14(2)16(15)18-8-5-11-19-12-9-17-10-13-19/h4,6-7,17-18H,3,5,8-13H2,1-2H3. The molecule has 1 aromatic rings. The average molecular weight is 261 g/mol. The monoisotopic (exact) mass is 261 g/mol. The lowest BCUT2D eigenvalue weighted by atomic mass is 10.1. The number of piperazine rings is 1. The first-order valence-electron chi connectivity index (χ1n) is 7.56. The van der Waals surface area contributed by atoms with Gasteiger partial charge in [-0.15, -0.1) is 0 Å². The second-order valence-electron chi connectivity index (χ2n) is 5.33. The van der Waals surface area contributed by atoms with Crippen LogP contribution < -0.4 is 10.6 Å². The Labute approximate surface area is 117 Å². The van der Waals surface area contributed by atoms with Crippen LogP contribution in [0.5, 0.6) is 0 Å². The summed E-state index contributed by atoms with van der Waals surface area (Å²) < 4.78 is 0. The first-order chi connectivity index (χ1) is 9.31. The van der Waals surface area contributed by atoms with E-state index in [1.165, 1.54) is 42.9 Å². The lowest BCUT2D eigenvalue weighted by Crippen LogP contribution is -2.44. The lowest BCUT2D eigenvalue weighted by molar-refractivity contribution is 0.240. The molecule has 1 heterocycles. The predicted molar refractivity (Wildman–Crippen MR) is 83.0 cm³/mol. The van der Waals surface area contributed by atoms with Crippen molar-refractivity contribution in [2.45, 2.75) is 26.7 Å². The minimum atomic E-state index is 1.07. The van der Waals surface area contributed by atoms with Gasteiger partial charge in [-0.3, -0.25) is 0 Å². The van der Waals surface area contributed by atoms with Gasteiger partial charge in [-0.1, -0.05) is 25.1 Å². The highest BCUT2D eigenvalue weighted by molar-refractivity contribution is 5.57. The summed E-state index contributed by atoms with van der Waals surface area (Å²) in [5.41, 5.74) is 4.15. The maximum atomic E-state index is 3.63. The topological polar surface area (TPSA) is 27.3 Å². The normalized spacial score (nSPS) is 16.5. The summed E-state index contributed by atoms with van der Waals surface area (Å²) in [6.07, 6.45) is 2.32. The molecule has 0 aromatic heterocycles. The van der Waals surface area contributed by atoms with Gasteiger partial charge in [0.1, 0.15) is 0 Å². The van der Waals surface area contributed by atoms with Crippen molar-refractivity contribution in [2.24, 2.45) is 0 Å². The molecule has 1 saturated heterocycles. The molecule has 0 bridgehead atoms. The molecule has 1 aromatic carbocycles. The maximum absolute atomic E-state index is 3.63. The van der Waals surface area contributed by atoms with Gasteiger partial charge >= 0.3 is 0 Å². The van der Waals surface area contributed by atoms with E-state index in [1.54, 1.807) is 0 Å². The minimum Gasteiger partial charge on any atom is -0.385 e. The Morgan fingerprint density at radius 3 is 2.79 bits per heavy atom. The van der Waals surface area contributed by atoms with Gasteiger partial charge in [0.15, 0.2) is 0 Å². The van der Waals surface area contributed by atoms with Crippen LogP contribution in [0, 0.1) is 6.92 Å². The van der Waals surface area contributed by atoms with Crippen molar-refractivity contribution in [3.8, 4) is 0 Å². The maximum Gasteiger partial charge on any atom is 0.0402 e. The average Bonchev–Trinajstić information content (AvgIpc) is 2.46. The summed E-state index contributed by atoms with van der Waals surface area (Å²) in [4.78, 5) is 2.55. The summed E-state index contributed by atoms with van der Waals surface area (Å²) in [6, 6.07) is 6.57. The van der Waals surface area contributed by atoms with Crippen LogP contribution in [-0.2, 0) is 6.42 Å². The van der Waals surface area contributed by atoms with Crippen LogP contribution in [0.1, 0.15) is 24.5 Å². The van der Waals surface area contributed by atoms with Gasteiger partial charge in [0.2, 0.25) is 0 Å². The fourth-order valence-corrected chi connectivity index (χ4v) is 2.73. The predicted octanol–water partition coefficient (Wildman–Crippen LogP) is 2.26. The minimum absolute atomic E-state index is 1.07. The molecule has 0 unspecified atom stereocenters. The van der Waals surface area contributed by atoms with Crippen LogP contribution in [0.2, 0.25) is 0 Å². The van der Waals surface area contributed by atoms with Gasteiger partial charge in [-0.05, 0) is 37.4 Å².